The predicted octanol–water partition coefficient (Wildman–Crippen LogP) is 4.46. The number of nitrogens with zero attached hydrogens (tertiary/aromatic N) is 1. The molecule has 1 heterocycles. The lowest BCUT2D eigenvalue weighted by Crippen LogP contribution is -2.27. The Labute approximate surface area is 126 Å². The zero-order valence-electron chi connectivity index (χ0n) is 12.8. The second kappa shape index (κ2) is 6.90. The van der Waals surface area contributed by atoms with Gasteiger partial charge in [-0.2, -0.15) is 0 Å². The fourth-order valence-electron chi connectivity index (χ4n) is 3.06. The Morgan fingerprint density at radius 3 is 2.67 bits per heavy atom. The quantitative estimate of drug-likeness (QED) is 0.842. The summed E-state index contributed by atoms with van der Waals surface area (Å²) < 4.78 is 5.64. The van der Waals surface area contributed by atoms with Crippen molar-refractivity contribution in [2.45, 2.75) is 58.0 Å². The first-order valence-electron chi connectivity index (χ1n) is 8.07. The summed E-state index contributed by atoms with van der Waals surface area (Å²) in [6, 6.07) is 8.85. The average molecular weight is 284 g/mol. The summed E-state index contributed by atoms with van der Waals surface area (Å²) in [4.78, 5) is 4.62. The fraction of sp³-hybridized carbons (Fsp3) is 0.500. The van der Waals surface area contributed by atoms with E-state index in [0.717, 1.165) is 23.7 Å². The van der Waals surface area contributed by atoms with E-state index in [2.05, 4.69) is 29.4 Å². The van der Waals surface area contributed by atoms with Gasteiger partial charge in [-0.3, -0.25) is 0 Å². The Balaban J connectivity index is 1.61. The van der Waals surface area contributed by atoms with Gasteiger partial charge in [-0.1, -0.05) is 43.9 Å². The lowest BCUT2D eigenvalue weighted by Gasteiger charge is -2.14. The minimum atomic E-state index is 0.645. The number of hydrogen-bond donors (Lipinski definition) is 1. The summed E-state index contributed by atoms with van der Waals surface area (Å²) in [7, 11) is 0. The molecule has 1 fully saturated rings. The molecule has 0 spiro atoms. The van der Waals surface area contributed by atoms with Crippen molar-refractivity contribution in [2.75, 3.05) is 0 Å². The van der Waals surface area contributed by atoms with Crippen LogP contribution in [0.2, 0.25) is 0 Å². The van der Waals surface area contributed by atoms with Crippen LogP contribution in [0.4, 0.5) is 0 Å². The molecule has 1 aromatic carbocycles. The van der Waals surface area contributed by atoms with Crippen molar-refractivity contribution in [3.05, 3.63) is 41.8 Å². The standard InChI is InChI=1S/C18H24N2O/c1-14-8-6-7-11-17(14)18-20-16(13-21-18)12-19-15-9-4-2-3-5-10-15/h6-8,11,13,15,19H,2-5,9-10,12H2,1H3. The van der Waals surface area contributed by atoms with Gasteiger partial charge in [-0.15, -0.1) is 0 Å². The van der Waals surface area contributed by atoms with Crippen molar-refractivity contribution in [1.29, 1.82) is 0 Å². The lowest BCUT2D eigenvalue weighted by atomic mass is 10.1. The van der Waals surface area contributed by atoms with Crippen LogP contribution < -0.4 is 5.32 Å². The summed E-state index contributed by atoms with van der Waals surface area (Å²) in [6.07, 6.45) is 9.85. The molecule has 0 saturated heterocycles. The Morgan fingerprint density at radius 1 is 1.14 bits per heavy atom. The molecule has 3 nitrogen and oxygen atoms in total. The smallest absolute Gasteiger partial charge is 0.226 e. The molecule has 3 heteroatoms. The molecular weight excluding hydrogens is 260 g/mol. The normalized spacial score (nSPS) is 16.8. The highest BCUT2D eigenvalue weighted by atomic mass is 16.3. The number of aromatic nitrogens is 1. The van der Waals surface area contributed by atoms with Crippen molar-refractivity contribution in [3.8, 4) is 11.5 Å². The van der Waals surface area contributed by atoms with E-state index in [-0.39, 0.29) is 0 Å². The van der Waals surface area contributed by atoms with Gasteiger partial charge in [0.1, 0.15) is 6.26 Å². The van der Waals surface area contributed by atoms with Crippen LogP contribution in [-0.2, 0) is 6.54 Å². The van der Waals surface area contributed by atoms with E-state index < -0.39 is 0 Å². The first-order valence-corrected chi connectivity index (χ1v) is 8.07. The van der Waals surface area contributed by atoms with E-state index in [4.69, 9.17) is 4.42 Å². The highest BCUT2D eigenvalue weighted by Crippen LogP contribution is 2.22. The van der Waals surface area contributed by atoms with Crippen molar-refractivity contribution in [2.24, 2.45) is 0 Å². The van der Waals surface area contributed by atoms with Gasteiger partial charge in [0.25, 0.3) is 0 Å². The first kappa shape index (κ1) is 14.3. The van der Waals surface area contributed by atoms with E-state index in [9.17, 15) is 0 Å². The number of hydrogen-bond acceptors (Lipinski definition) is 3. The number of rotatable bonds is 4. The Hall–Kier alpha value is -1.61. The molecule has 2 aromatic rings. The number of oxazole rings is 1. The topological polar surface area (TPSA) is 38.1 Å². The highest BCUT2D eigenvalue weighted by Gasteiger charge is 2.13. The Morgan fingerprint density at radius 2 is 1.90 bits per heavy atom. The summed E-state index contributed by atoms with van der Waals surface area (Å²) in [5, 5.41) is 3.63. The molecule has 1 aliphatic carbocycles. The van der Waals surface area contributed by atoms with Crippen molar-refractivity contribution in [1.82, 2.24) is 10.3 Å². The second-order valence-corrected chi connectivity index (χ2v) is 6.03. The molecule has 1 saturated carbocycles. The molecule has 0 bridgehead atoms. The number of nitrogens with one attached hydrogen (secondary N) is 1. The molecule has 0 amide bonds. The van der Waals surface area contributed by atoms with Gasteiger partial charge in [0.15, 0.2) is 0 Å². The summed E-state index contributed by atoms with van der Waals surface area (Å²) >= 11 is 0. The minimum absolute atomic E-state index is 0.645. The molecule has 0 unspecified atom stereocenters. The monoisotopic (exact) mass is 284 g/mol. The largest absolute Gasteiger partial charge is 0.444 e. The summed E-state index contributed by atoms with van der Waals surface area (Å²) in [5.41, 5.74) is 3.28. The zero-order valence-corrected chi connectivity index (χ0v) is 12.8. The Kier molecular flexibility index (Phi) is 4.71. The fourth-order valence-corrected chi connectivity index (χ4v) is 3.06. The third-order valence-corrected chi connectivity index (χ3v) is 4.35. The van der Waals surface area contributed by atoms with E-state index in [1.807, 2.05) is 12.1 Å². The molecule has 1 N–H and O–H groups in total. The molecule has 0 radical (unpaired) electrons. The molecule has 112 valence electrons. The average Bonchev–Trinajstić information content (AvgIpc) is 2.81. The van der Waals surface area contributed by atoms with Crippen molar-refractivity contribution in [3.63, 3.8) is 0 Å². The number of aryl methyl sites for hydroxylation is 1. The maximum Gasteiger partial charge on any atom is 0.226 e. The number of benzene rings is 1. The molecule has 1 aromatic heterocycles. The Bertz CT molecular complexity index is 568. The van der Waals surface area contributed by atoms with Crippen LogP contribution >= 0.6 is 0 Å². The van der Waals surface area contributed by atoms with Crippen LogP contribution in [-0.4, -0.2) is 11.0 Å². The van der Waals surface area contributed by atoms with Gasteiger partial charge < -0.3 is 9.73 Å². The van der Waals surface area contributed by atoms with Gasteiger partial charge >= 0.3 is 0 Å². The van der Waals surface area contributed by atoms with E-state index in [1.54, 1.807) is 6.26 Å². The third-order valence-electron chi connectivity index (χ3n) is 4.35. The SMILES string of the molecule is Cc1ccccc1-c1nc(CNC2CCCCCC2)co1. The van der Waals surface area contributed by atoms with Gasteiger partial charge in [0, 0.05) is 18.2 Å². The maximum absolute atomic E-state index is 5.64. The van der Waals surface area contributed by atoms with E-state index >= 15 is 0 Å². The van der Waals surface area contributed by atoms with Gasteiger partial charge in [0.05, 0.1) is 5.69 Å². The zero-order chi connectivity index (χ0) is 14.5. The molecule has 3 rings (SSSR count). The highest BCUT2D eigenvalue weighted by molar-refractivity contribution is 5.58. The van der Waals surface area contributed by atoms with Crippen molar-refractivity contribution < 1.29 is 4.42 Å². The summed E-state index contributed by atoms with van der Waals surface area (Å²) in [5.74, 6) is 0.728. The van der Waals surface area contributed by atoms with Gasteiger partial charge in [-0.05, 0) is 31.4 Å². The first-order chi connectivity index (χ1) is 10.3. The maximum atomic E-state index is 5.64. The molecule has 1 aliphatic rings. The second-order valence-electron chi connectivity index (χ2n) is 6.03. The van der Waals surface area contributed by atoms with Crippen LogP contribution in [0.15, 0.2) is 34.9 Å². The van der Waals surface area contributed by atoms with E-state index in [0.29, 0.717) is 6.04 Å². The van der Waals surface area contributed by atoms with Crippen LogP contribution in [0, 0.1) is 6.92 Å². The van der Waals surface area contributed by atoms with Crippen LogP contribution in [0.25, 0.3) is 11.5 Å². The van der Waals surface area contributed by atoms with Gasteiger partial charge in [-0.25, -0.2) is 4.98 Å². The predicted molar refractivity (Wildman–Crippen MR) is 85.0 cm³/mol. The van der Waals surface area contributed by atoms with Crippen LogP contribution in [0.1, 0.15) is 49.8 Å². The molecular formula is C18H24N2O. The van der Waals surface area contributed by atoms with Crippen LogP contribution in [0.3, 0.4) is 0 Å². The lowest BCUT2D eigenvalue weighted by molar-refractivity contribution is 0.455. The van der Waals surface area contributed by atoms with Crippen molar-refractivity contribution >= 4 is 0 Å². The molecule has 0 atom stereocenters. The summed E-state index contributed by atoms with van der Waals surface area (Å²) in [6.45, 7) is 2.89. The van der Waals surface area contributed by atoms with E-state index in [1.165, 1.54) is 44.1 Å². The van der Waals surface area contributed by atoms with Gasteiger partial charge in [0.2, 0.25) is 5.89 Å². The van der Waals surface area contributed by atoms with Crippen LogP contribution in [0.5, 0.6) is 0 Å². The third kappa shape index (κ3) is 3.73. The molecule has 21 heavy (non-hydrogen) atoms. The minimum Gasteiger partial charge on any atom is -0.444 e. The molecule has 0 aliphatic heterocycles.